The molecule has 0 bridgehead atoms. The van der Waals surface area contributed by atoms with Gasteiger partial charge in [0.05, 0.1) is 12.5 Å². The molecule has 1 fully saturated rings. The second kappa shape index (κ2) is 5.75. The molecule has 100 valence electrons. The quantitative estimate of drug-likeness (QED) is 0.881. The van der Waals surface area contributed by atoms with Gasteiger partial charge >= 0.3 is 0 Å². The molecule has 2 unspecified atom stereocenters. The van der Waals surface area contributed by atoms with Crippen LogP contribution in [0.5, 0.6) is 0 Å². The summed E-state index contributed by atoms with van der Waals surface area (Å²) in [5.41, 5.74) is 2.18. The predicted molar refractivity (Wildman–Crippen MR) is 74.8 cm³/mol. The molecule has 1 saturated heterocycles. The first-order valence-electron chi connectivity index (χ1n) is 6.63. The molecule has 1 heterocycles. The van der Waals surface area contributed by atoms with Gasteiger partial charge in [-0.15, -0.1) is 0 Å². The van der Waals surface area contributed by atoms with Crippen LogP contribution in [0, 0.1) is 18.3 Å². The molecule has 4 heteroatoms. The molecule has 4 nitrogen and oxygen atoms in total. The van der Waals surface area contributed by atoms with E-state index in [-0.39, 0.29) is 18.4 Å². The van der Waals surface area contributed by atoms with Crippen LogP contribution in [0.2, 0.25) is 0 Å². The van der Waals surface area contributed by atoms with Crippen molar-refractivity contribution in [3.05, 3.63) is 29.8 Å². The van der Waals surface area contributed by atoms with E-state index in [1.54, 1.807) is 0 Å². The second-order valence-corrected chi connectivity index (χ2v) is 5.06. The lowest BCUT2D eigenvalue weighted by Crippen LogP contribution is -2.45. The summed E-state index contributed by atoms with van der Waals surface area (Å²) in [7, 11) is 0. The van der Waals surface area contributed by atoms with Crippen molar-refractivity contribution in [2.24, 2.45) is 0 Å². The summed E-state index contributed by atoms with van der Waals surface area (Å²) in [4.78, 5) is 14.3. The Morgan fingerprint density at radius 2 is 2.21 bits per heavy atom. The van der Waals surface area contributed by atoms with Crippen LogP contribution in [0.15, 0.2) is 24.3 Å². The number of anilines is 1. The third-order valence-electron chi connectivity index (χ3n) is 3.58. The number of hydrogen-bond donors (Lipinski definition) is 1. The smallest absolute Gasteiger partial charge is 0.243 e. The molecule has 19 heavy (non-hydrogen) atoms. The molecule has 0 spiro atoms. The lowest BCUT2D eigenvalue weighted by Gasteiger charge is -2.30. The number of para-hydroxylation sites is 1. The third kappa shape index (κ3) is 2.87. The Labute approximate surface area is 114 Å². The molecule has 0 aromatic heterocycles. The van der Waals surface area contributed by atoms with Crippen LogP contribution in [0.1, 0.15) is 25.3 Å². The normalized spacial score (nSPS) is 23.4. The van der Waals surface area contributed by atoms with Gasteiger partial charge < -0.3 is 10.2 Å². The van der Waals surface area contributed by atoms with Crippen molar-refractivity contribution in [3.8, 4) is 6.07 Å². The Balaban J connectivity index is 2.37. The van der Waals surface area contributed by atoms with Gasteiger partial charge in [-0.25, -0.2) is 0 Å². The summed E-state index contributed by atoms with van der Waals surface area (Å²) < 4.78 is 0. The highest BCUT2D eigenvalue weighted by molar-refractivity contribution is 5.86. The highest BCUT2D eigenvalue weighted by Gasteiger charge is 2.30. The minimum absolute atomic E-state index is 0.0465. The first-order valence-corrected chi connectivity index (χ1v) is 6.63. The van der Waals surface area contributed by atoms with E-state index in [9.17, 15) is 4.79 Å². The summed E-state index contributed by atoms with van der Waals surface area (Å²) in [6.07, 6.45) is 1.11. The topological polar surface area (TPSA) is 56.1 Å². The minimum atomic E-state index is -0.393. The molecule has 1 aromatic carbocycles. The Kier molecular flexibility index (Phi) is 4.06. The van der Waals surface area contributed by atoms with Gasteiger partial charge in [0, 0.05) is 18.3 Å². The number of carbonyl (C=O) groups is 1. The van der Waals surface area contributed by atoms with Crippen molar-refractivity contribution in [2.75, 3.05) is 11.4 Å². The molecule has 0 radical (unpaired) electrons. The van der Waals surface area contributed by atoms with Gasteiger partial charge in [-0.3, -0.25) is 4.79 Å². The van der Waals surface area contributed by atoms with Gasteiger partial charge in [0.2, 0.25) is 5.91 Å². The minimum Gasteiger partial charge on any atom is -0.358 e. The van der Waals surface area contributed by atoms with Crippen LogP contribution >= 0.6 is 0 Å². The van der Waals surface area contributed by atoms with Crippen molar-refractivity contribution >= 4 is 11.6 Å². The van der Waals surface area contributed by atoms with Gasteiger partial charge in [0.1, 0.15) is 6.04 Å². The lowest BCUT2D eigenvalue weighted by atomic mass is 10.1. The Bertz CT molecular complexity index is 506. The standard InChI is InChI=1S/C15H19N3O/c1-11-5-3-4-6-13(11)18-10-8-12(2)17-15(19)14(18)7-9-16/h3-6,12,14H,7-8,10H2,1-2H3,(H,17,19). The zero-order valence-corrected chi connectivity index (χ0v) is 11.4. The molecular weight excluding hydrogens is 238 g/mol. The molecule has 1 N–H and O–H groups in total. The Hall–Kier alpha value is -2.02. The maximum absolute atomic E-state index is 12.2. The van der Waals surface area contributed by atoms with E-state index < -0.39 is 6.04 Å². The van der Waals surface area contributed by atoms with E-state index in [1.165, 1.54) is 0 Å². The van der Waals surface area contributed by atoms with E-state index in [4.69, 9.17) is 5.26 Å². The average molecular weight is 257 g/mol. The number of aryl methyl sites for hydroxylation is 1. The Morgan fingerprint density at radius 3 is 2.89 bits per heavy atom. The average Bonchev–Trinajstić information content (AvgIpc) is 2.51. The lowest BCUT2D eigenvalue weighted by molar-refractivity contribution is -0.122. The van der Waals surface area contributed by atoms with E-state index in [2.05, 4.69) is 16.3 Å². The molecule has 1 aromatic rings. The first kappa shape index (κ1) is 13.4. The molecule has 1 aliphatic heterocycles. The van der Waals surface area contributed by atoms with E-state index in [0.29, 0.717) is 0 Å². The monoisotopic (exact) mass is 257 g/mol. The fourth-order valence-corrected chi connectivity index (χ4v) is 2.50. The molecule has 2 rings (SSSR count). The zero-order valence-electron chi connectivity index (χ0n) is 11.4. The largest absolute Gasteiger partial charge is 0.358 e. The molecule has 1 aliphatic rings. The number of nitriles is 1. The number of nitrogens with zero attached hydrogens (tertiary/aromatic N) is 2. The highest BCUT2D eigenvalue weighted by atomic mass is 16.2. The van der Waals surface area contributed by atoms with Crippen LogP contribution in [-0.4, -0.2) is 24.5 Å². The van der Waals surface area contributed by atoms with E-state index >= 15 is 0 Å². The van der Waals surface area contributed by atoms with Crippen molar-refractivity contribution < 1.29 is 4.79 Å². The zero-order chi connectivity index (χ0) is 13.8. The van der Waals surface area contributed by atoms with Crippen LogP contribution in [0.25, 0.3) is 0 Å². The molecular formula is C15H19N3O. The Morgan fingerprint density at radius 1 is 1.47 bits per heavy atom. The maximum atomic E-state index is 12.2. The highest BCUT2D eigenvalue weighted by Crippen LogP contribution is 2.25. The molecule has 0 saturated carbocycles. The predicted octanol–water partition coefficient (Wildman–Crippen LogP) is 1.99. The van der Waals surface area contributed by atoms with Crippen molar-refractivity contribution in [1.29, 1.82) is 5.26 Å². The number of rotatable bonds is 2. The summed E-state index contributed by atoms with van der Waals surface area (Å²) in [6, 6.07) is 9.89. The number of amides is 1. The van der Waals surface area contributed by atoms with Crippen molar-refractivity contribution in [1.82, 2.24) is 5.32 Å². The van der Waals surface area contributed by atoms with Crippen LogP contribution in [0.4, 0.5) is 5.69 Å². The van der Waals surface area contributed by atoms with Gasteiger partial charge in [-0.2, -0.15) is 5.26 Å². The van der Waals surface area contributed by atoms with Gasteiger partial charge in [0.15, 0.2) is 0 Å². The van der Waals surface area contributed by atoms with Gasteiger partial charge in [-0.1, -0.05) is 18.2 Å². The number of hydrogen-bond acceptors (Lipinski definition) is 3. The van der Waals surface area contributed by atoms with Crippen molar-refractivity contribution in [2.45, 2.75) is 38.8 Å². The third-order valence-corrected chi connectivity index (χ3v) is 3.58. The van der Waals surface area contributed by atoms with Crippen molar-refractivity contribution in [3.63, 3.8) is 0 Å². The molecule has 0 aliphatic carbocycles. The summed E-state index contributed by atoms with van der Waals surface area (Å²) >= 11 is 0. The molecule has 2 atom stereocenters. The summed E-state index contributed by atoms with van der Waals surface area (Å²) in [5.74, 6) is -0.0465. The maximum Gasteiger partial charge on any atom is 0.243 e. The SMILES string of the molecule is Cc1ccccc1N1CCC(C)NC(=O)C1CC#N. The van der Waals surface area contributed by atoms with E-state index in [0.717, 1.165) is 24.2 Å². The summed E-state index contributed by atoms with van der Waals surface area (Å²) in [6.45, 7) is 4.82. The summed E-state index contributed by atoms with van der Waals surface area (Å²) in [5, 5.41) is 11.9. The van der Waals surface area contributed by atoms with Crippen LogP contribution in [-0.2, 0) is 4.79 Å². The van der Waals surface area contributed by atoms with Crippen LogP contribution in [0.3, 0.4) is 0 Å². The van der Waals surface area contributed by atoms with Crippen LogP contribution < -0.4 is 10.2 Å². The number of benzene rings is 1. The van der Waals surface area contributed by atoms with Gasteiger partial charge in [-0.05, 0) is 31.9 Å². The van der Waals surface area contributed by atoms with Gasteiger partial charge in [0.25, 0.3) is 0 Å². The first-order chi connectivity index (χ1) is 9.13. The van der Waals surface area contributed by atoms with E-state index in [1.807, 2.05) is 38.1 Å². The number of nitrogens with one attached hydrogen (secondary N) is 1. The fourth-order valence-electron chi connectivity index (χ4n) is 2.50. The second-order valence-electron chi connectivity index (χ2n) is 5.06. The number of carbonyl (C=O) groups excluding carboxylic acids is 1. The molecule has 1 amide bonds. The fraction of sp³-hybridized carbons (Fsp3) is 0.467.